The average molecular weight is 235 g/mol. The zero-order chi connectivity index (χ0) is 12.6. The van der Waals surface area contributed by atoms with Crippen molar-refractivity contribution in [3.05, 3.63) is 39.4 Å². The number of rotatable bonds is 2. The highest BCUT2D eigenvalue weighted by Gasteiger charge is 2.11. The summed E-state index contributed by atoms with van der Waals surface area (Å²) in [7, 11) is 1.40. The van der Waals surface area contributed by atoms with Crippen LogP contribution in [0.3, 0.4) is 0 Å². The molecule has 0 amide bonds. The Balaban J connectivity index is 2.88. The molecular formula is C13H14FNO2. The van der Waals surface area contributed by atoms with E-state index in [0.717, 1.165) is 5.69 Å². The van der Waals surface area contributed by atoms with Gasteiger partial charge in [0.1, 0.15) is 0 Å². The Morgan fingerprint density at radius 2 is 2.12 bits per heavy atom. The van der Waals surface area contributed by atoms with Crippen molar-refractivity contribution in [3.8, 4) is 5.75 Å². The van der Waals surface area contributed by atoms with Gasteiger partial charge in [0.25, 0.3) is 0 Å². The van der Waals surface area contributed by atoms with Crippen LogP contribution in [-0.2, 0) is 6.42 Å². The normalized spacial score (nSPS) is 10.8. The molecule has 0 bridgehead atoms. The first-order chi connectivity index (χ1) is 8.08. The Hall–Kier alpha value is -1.84. The Bertz CT molecular complexity index is 631. The molecule has 90 valence electrons. The molecule has 1 aromatic carbocycles. The average Bonchev–Trinajstić information content (AvgIpc) is 2.30. The Labute approximate surface area is 98.2 Å². The third-order valence-corrected chi connectivity index (χ3v) is 2.94. The summed E-state index contributed by atoms with van der Waals surface area (Å²) in [6.07, 6.45) is 0.630. The van der Waals surface area contributed by atoms with Gasteiger partial charge < -0.3 is 9.72 Å². The lowest BCUT2D eigenvalue weighted by Crippen LogP contribution is -2.12. The summed E-state index contributed by atoms with van der Waals surface area (Å²) in [6.45, 7) is 3.75. The van der Waals surface area contributed by atoms with E-state index in [9.17, 15) is 9.18 Å². The maximum atomic E-state index is 13.6. The lowest BCUT2D eigenvalue weighted by atomic mass is 10.1. The van der Waals surface area contributed by atoms with Crippen molar-refractivity contribution < 1.29 is 9.13 Å². The predicted octanol–water partition coefficient (Wildman–Crippen LogP) is 2.55. The Morgan fingerprint density at radius 3 is 2.71 bits per heavy atom. The van der Waals surface area contributed by atoms with Crippen LogP contribution in [0.15, 0.2) is 16.9 Å². The molecule has 0 saturated carbocycles. The van der Waals surface area contributed by atoms with Gasteiger partial charge in [-0.2, -0.15) is 0 Å². The van der Waals surface area contributed by atoms with Crippen LogP contribution in [0.4, 0.5) is 4.39 Å². The van der Waals surface area contributed by atoms with Crippen LogP contribution < -0.4 is 10.2 Å². The standard InChI is InChI=1S/C13H14FNO2/c1-4-8-7(2)15-11-6-12(17-3)10(14)5-9(11)13(8)16/h5-6H,4H2,1-3H3,(H,15,16). The van der Waals surface area contributed by atoms with E-state index in [1.807, 2.05) is 13.8 Å². The fourth-order valence-corrected chi connectivity index (χ4v) is 2.04. The number of aryl methyl sites for hydroxylation is 1. The Kier molecular flexibility index (Phi) is 2.88. The summed E-state index contributed by atoms with van der Waals surface area (Å²) in [4.78, 5) is 15.2. The number of methoxy groups -OCH3 is 1. The van der Waals surface area contributed by atoms with E-state index in [0.29, 0.717) is 22.9 Å². The minimum absolute atomic E-state index is 0.111. The summed E-state index contributed by atoms with van der Waals surface area (Å²) < 4.78 is 18.5. The topological polar surface area (TPSA) is 42.1 Å². The number of H-pyrrole nitrogens is 1. The van der Waals surface area contributed by atoms with Crippen molar-refractivity contribution in [2.45, 2.75) is 20.3 Å². The Morgan fingerprint density at radius 1 is 1.41 bits per heavy atom. The van der Waals surface area contributed by atoms with Gasteiger partial charge in [-0.1, -0.05) is 6.92 Å². The maximum Gasteiger partial charge on any atom is 0.192 e. The number of hydrogen-bond donors (Lipinski definition) is 1. The van der Waals surface area contributed by atoms with Gasteiger partial charge in [-0.15, -0.1) is 0 Å². The molecule has 0 unspecified atom stereocenters. The van der Waals surface area contributed by atoms with Crippen molar-refractivity contribution in [2.24, 2.45) is 0 Å². The van der Waals surface area contributed by atoms with Gasteiger partial charge in [-0.05, 0) is 19.4 Å². The van der Waals surface area contributed by atoms with E-state index in [1.54, 1.807) is 0 Å². The van der Waals surface area contributed by atoms with Crippen LogP contribution in [0.5, 0.6) is 5.75 Å². The third kappa shape index (κ3) is 1.79. The lowest BCUT2D eigenvalue weighted by Gasteiger charge is -2.08. The van der Waals surface area contributed by atoms with Gasteiger partial charge in [0.05, 0.1) is 12.6 Å². The van der Waals surface area contributed by atoms with Crippen LogP contribution in [0.2, 0.25) is 0 Å². The lowest BCUT2D eigenvalue weighted by molar-refractivity contribution is 0.387. The predicted molar refractivity (Wildman–Crippen MR) is 65.2 cm³/mol. The number of halogens is 1. The van der Waals surface area contributed by atoms with Crippen molar-refractivity contribution in [1.82, 2.24) is 4.98 Å². The molecule has 0 aliphatic rings. The first kappa shape index (κ1) is 11.6. The number of ether oxygens (including phenoxy) is 1. The minimum Gasteiger partial charge on any atom is -0.494 e. The van der Waals surface area contributed by atoms with Crippen LogP contribution in [-0.4, -0.2) is 12.1 Å². The van der Waals surface area contributed by atoms with Crippen molar-refractivity contribution in [2.75, 3.05) is 7.11 Å². The number of aromatic amines is 1. The molecule has 0 aliphatic heterocycles. The van der Waals surface area contributed by atoms with E-state index in [1.165, 1.54) is 19.2 Å². The second kappa shape index (κ2) is 4.20. The molecule has 2 rings (SSSR count). The van der Waals surface area contributed by atoms with Crippen molar-refractivity contribution in [3.63, 3.8) is 0 Å². The third-order valence-electron chi connectivity index (χ3n) is 2.94. The van der Waals surface area contributed by atoms with E-state index < -0.39 is 5.82 Å². The molecule has 1 aromatic heterocycles. The van der Waals surface area contributed by atoms with Gasteiger partial charge in [0.2, 0.25) is 0 Å². The van der Waals surface area contributed by atoms with Crippen molar-refractivity contribution >= 4 is 10.9 Å². The molecule has 0 fully saturated rings. The van der Waals surface area contributed by atoms with Gasteiger partial charge in [-0.3, -0.25) is 4.79 Å². The molecule has 3 nitrogen and oxygen atoms in total. The summed E-state index contributed by atoms with van der Waals surface area (Å²) in [6, 6.07) is 2.74. The molecule has 17 heavy (non-hydrogen) atoms. The van der Waals surface area contributed by atoms with Crippen LogP contribution >= 0.6 is 0 Å². The quantitative estimate of drug-likeness (QED) is 0.869. The molecule has 0 spiro atoms. The number of benzene rings is 1. The first-order valence-corrected chi connectivity index (χ1v) is 5.47. The van der Waals surface area contributed by atoms with Gasteiger partial charge in [-0.25, -0.2) is 4.39 Å². The maximum absolute atomic E-state index is 13.6. The fourth-order valence-electron chi connectivity index (χ4n) is 2.04. The van der Waals surface area contributed by atoms with Gasteiger partial charge in [0.15, 0.2) is 17.0 Å². The second-order valence-electron chi connectivity index (χ2n) is 3.94. The molecule has 0 atom stereocenters. The zero-order valence-corrected chi connectivity index (χ0v) is 10.1. The van der Waals surface area contributed by atoms with Crippen LogP contribution in [0, 0.1) is 12.7 Å². The number of fused-ring (bicyclic) bond motifs is 1. The van der Waals surface area contributed by atoms with Gasteiger partial charge >= 0.3 is 0 Å². The molecule has 0 saturated heterocycles. The van der Waals surface area contributed by atoms with Crippen molar-refractivity contribution in [1.29, 1.82) is 0 Å². The summed E-state index contributed by atoms with van der Waals surface area (Å²) in [5.74, 6) is -0.381. The largest absolute Gasteiger partial charge is 0.494 e. The summed E-state index contributed by atoms with van der Waals surface area (Å²) in [5.41, 5.74) is 2.00. The minimum atomic E-state index is -0.517. The molecular weight excluding hydrogens is 221 g/mol. The molecule has 0 radical (unpaired) electrons. The van der Waals surface area contributed by atoms with Crippen LogP contribution in [0.25, 0.3) is 10.9 Å². The highest BCUT2D eigenvalue weighted by Crippen LogP contribution is 2.22. The highest BCUT2D eigenvalue weighted by molar-refractivity contribution is 5.81. The van der Waals surface area contributed by atoms with E-state index in [4.69, 9.17) is 4.74 Å². The molecule has 1 heterocycles. The number of aromatic nitrogens is 1. The first-order valence-electron chi connectivity index (χ1n) is 5.47. The number of pyridine rings is 1. The smallest absolute Gasteiger partial charge is 0.192 e. The van der Waals surface area contributed by atoms with E-state index >= 15 is 0 Å². The monoisotopic (exact) mass is 235 g/mol. The molecule has 0 aliphatic carbocycles. The molecule has 2 aromatic rings. The van der Waals surface area contributed by atoms with Crippen LogP contribution in [0.1, 0.15) is 18.2 Å². The molecule has 4 heteroatoms. The second-order valence-corrected chi connectivity index (χ2v) is 3.94. The number of nitrogens with one attached hydrogen (secondary N) is 1. The van der Waals surface area contributed by atoms with E-state index in [2.05, 4.69) is 4.98 Å². The summed E-state index contributed by atoms with van der Waals surface area (Å²) in [5, 5.41) is 0.366. The molecule has 1 N–H and O–H groups in total. The number of hydrogen-bond acceptors (Lipinski definition) is 2. The zero-order valence-electron chi connectivity index (χ0n) is 10.1. The fraction of sp³-hybridized carbons (Fsp3) is 0.308. The van der Waals surface area contributed by atoms with Gasteiger partial charge in [0, 0.05) is 22.7 Å². The highest BCUT2D eigenvalue weighted by atomic mass is 19.1. The summed E-state index contributed by atoms with van der Waals surface area (Å²) >= 11 is 0. The SMILES string of the molecule is CCc1c(C)[nH]c2cc(OC)c(F)cc2c1=O. The van der Waals surface area contributed by atoms with E-state index in [-0.39, 0.29) is 11.2 Å².